The number of carbonyl (C=O) groups excluding carboxylic acids is 4. The van der Waals surface area contributed by atoms with E-state index in [1.54, 1.807) is 6.07 Å². The number of ether oxygens (including phenoxy) is 1. The van der Waals surface area contributed by atoms with Crippen LogP contribution in [0.15, 0.2) is 12.1 Å². The lowest BCUT2D eigenvalue weighted by Crippen LogP contribution is -2.42. The van der Waals surface area contributed by atoms with Crippen molar-refractivity contribution >= 4 is 34.8 Å². The van der Waals surface area contributed by atoms with Crippen molar-refractivity contribution < 1.29 is 23.9 Å². The summed E-state index contributed by atoms with van der Waals surface area (Å²) in [4.78, 5) is 49.3. The SMILES string of the molecule is COC(=O)C(CC(C)C)NC(=O)CCC(=O)CCC(=O)c1ccc(C)s1. The molecule has 0 aromatic carbocycles. The second-order valence-electron chi connectivity index (χ2n) is 6.64. The van der Waals surface area contributed by atoms with Crippen LogP contribution in [0.2, 0.25) is 0 Å². The van der Waals surface area contributed by atoms with E-state index in [9.17, 15) is 19.2 Å². The smallest absolute Gasteiger partial charge is 0.328 e. The zero-order valence-electron chi connectivity index (χ0n) is 15.8. The number of rotatable bonds is 11. The summed E-state index contributed by atoms with van der Waals surface area (Å²) in [7, 11) is 1.28. The van der Waals surface area contributed by atoms with Gasteiger partial charge in [0, 0.05) is 30.6 Å². The predicted octanol–water partition coefficient (Wildman–Crippen LogP) is 3.07. The van der Waals surface area contributed by atoms with E-state index in [1.807, 2.05) is 26.8 Å². The van der Waals surface area contributed by atoms with Crippen molar-refractivity contribution in [1.29, 1.82) is 0 Å². The van der Waals surface area contributed by atoms with Crippen LogP contribution in [0.3, 0.4) is 0 Å². The highest BCUT2D eigenvalue weighted by molar-refractivity contribution is 7.14. The lowest BCUT2D eigenvalue weighted by molar-refractivity contribution is -0.145. The van der Waals surface area contributed by atoms with E-state index in [0.29, 0.717) is 11.3 Å². The third-order valence-electron chi connectivity index (χ3n) is 3.81. The summed E-state index contributed by atoms with van der Waals surface area (Å²) in [6.45, 7) is 5.81. The molecule has 0 saturated carbocycles. The summed E-state index contributed by atoms with van der Waals surface area (Å²) < 4.78 is 4.69. The number of amides is 1. The Kier molecular flexibility index (Phi) is 9.19. The number of ketones is 2. The molecule has 1 atom stereocenters. The van der Waals surface area contributed by atoms with Crippen LogP contribution in [0, 0.1) is 12.8 Å². The number of Topliss-reactive ketones (excluding diaryl/α,β-unsaturated/α-hetero) is 2. The third-order valence-corrected chi connectivity index (χ3v) is 4.85. The Labute approximate surface area is 158 Å². The van der Waals surface area contributed by atoms with Crippen LogP contribution in [0.4, 0.5) is 0 Å². The summed E-state index contributed by atoms with van der Waals surface area (Å²) in [5.41, 5.74) is 0. The molecule has 0 bridgehead atoms. The van der Waals surface area contributed by atoms with E-state index in [0.717, 1.165) is 4.88 Å². The van der Waals surface area contributed by atoms with E-state index < -0.39 is 12.0 Å². The highest BCUT2D eigenvalue weighted by Crippen LogP contribution is 2.17. The van der Waals surface area contributed by atoms with Crippen molar-refractivity contribution in [1.82, 2.24) is 5.32 Å². The molecule has 0 saturated heterocycles. The first-order chi connectivity index (χ1) is 12.2. The number of thiophene rings is 1. The highest BCUT2D eigenvalue weighted by atomic mass is 32.1. The molecule has 1 unspecified atom stereocenters. The van der Waals surface area contributed by atoms with Gasteiger partial charge in [-0.15, -0.1) is 11.3 Å². The second kappa shape index (κ2) is 10.9. The summed E-state index contributed by atoms with van der Waals surface area (Å²) in [5, 5.41) is 2.62. The minimum Gasteiger partial charge on any atom is -0.467 e. The van der Waals surface area contributed by atoms with Gasteiger partial charge in [-0.05, 0) is 31.4 Å². The van der Waals surface area contributed by atoms with E-state index >= 15 is 0 Å². The fraction of sp³-hybridized carbons (Fsp3) is 0.579. The fourth-order valence-corrected chi connectivity index (χ4v) is 3.27. The zero-order valence-corrected chi connectivity index (χ0v) is 16.6. The Hall–Kier alpha value is -2.02. The van der Waals surface area contributed by atoms with Gasteiger partial charge >= 0.3 is 5.97 Å². The van der Waals surface area contributed by atoms with Crippen molar-refractivity contribution in [3.05, 3.63) is 21.9 Å². The van der Waals surface area contributed by atoms with Gasteiger partial charge in [-0.3, -0.25) is 14.4 Å². The van der Waals surface area contributed by atoms with Gasteiger partial charge in [-0.2, -0.15) is 0 Å². The van der Waals surface area contributed by atoms with Crippen molar-refractivity contribution in [3.8, 4) is 0 Å². The summed E-state index contributed by atoms with van der Waals surface area (Å²) in [6, 6.07) is 2.94. The first-order valence-corrected chi connectivity index (χ1v) is 9.53. The van der Waals surface area contributed by atoms with Gasteiger partial charge in [-0.25, -0.2) is 4.79 Å². The molecular weight excluding hydrogens is 354 g/mol. The molecule has 1 heterocycles. The van der Waals surface area contributed by atoms with Gasteiger partial charge in [0.1, 0.15) is 11.8 Å². The van der Waals surface area contributed by atoms with E-state index in [2.05, 4.69) is 5.32 Å². The maximum absolute atomic E-state index is 12.0. The fourth-order valence-electron chi connectivity index (χ4n) is 2.43. The maximum atomic E-state index is 12.0. The third kappa shape index (κ3) is 7.91. The van der Waals surface area contributed by atoms with Crippen molar-refractivity contribution in [2.75, 3.05) is 7.11 Å². The molecule has 0 spiro atoms. The summed E-state index contributed by atoms with van der Waals surface area (Å²) in [5.74, 6) is -0.832. The van der Waals surface area contributed by atoms with Crippen LogP contribution in [0.25, 0.3) is 0 Å². The van der Waals surface area contributed by atoms with Crippen LogP contribution in [-0.4, -0.2) is 36.6 Å². The topological polar surface area (TPSA) is 89.5 Å². The van der Waals surface area contributed by atoms with Crippen molar-refractivity contribution in [2.45, 2.75) is 58.9 Å². The molecule has 6 nitrogen and oxygen atoms in total. The van der Waals surface area contributed by atoms with Crippen molar-refractivity contribution in [3.63, 3.8) is 0 Å². The molecule has 26 heavy (non-hydrogen) atoms. The second-order valence-corrected chi connectivity index (χ2v) is 7.93. The Balaban J connectivity index is 2.37. The van der Waals surface area contributed by atoms with Gasteiger partial charge in [-0.1, -0.05) is 13.8 Å². The number of aryl methyl sites for hydroxylation is 1. The molecule has 1 amide bonds. The lowest BCUT2D eigenvalue weighted by Gasteiger charge is -2.18. The molecule has 0 radical (unpaired) electrons. The van der Waals surface area contributed by atoms with Gasteiger partial charge in [0.2, 0.25) is 5.91 Å². The molecule has 144 valence electrons. The predicted molar refractivity (Wildman–Crippen MR) is 100 cm³/mol. The van der Waals surface area contributed by atoms with Crippen molar-refractivity contribution in [2.24, 2.45) is 5.92 Å². The summed E-state index contributed by atoms with van der Waals surface area (Å²) >= 11 is 1.41. The normalized spacial score (nSPS) is 11.9. The first-order valence-electron chi connectivity index (χ1n) is 8.71. The molecule has 0 aliphatic rings. The van der Waals surface area contributed by atoms with Gasteiger partial charge < -0.3 is 10.1 Å². The Bertz CT molecular complexity index is 650. The zero-order chi connectivity index (χ0) is 19.7. The summed E-state index contributed by atoms with van der Waals surface area (Å²) in [6.07, 6.45) is 0.796. The Morgan fingerprint density at radius 1 is 1.08 bits per heavy atom. The molecule has 1 rings (SSSR count). The largest absolute Gasteiger partial charge is 0.467 e. The molecule has 0 aliphatic heterocycles. The number of hydrogen-bond donors (Lipinski definition) is 1. The molecule has 7 heteroatoms. The minimum absolute atomic E-state index is 0.00325. The van der Waals surface area contributed by atoms with Gasteiger partial charge in [0.25, 0.3) is 0 Å². The van der Waals surface area contributed by atoms with Gasteiger partial charge in [0.15, 0.2) is 5.78 Å². The monoisotopic (exact) mass is 381 g/mol. The number of hydrogen-bond acceptors (Lipinski definition) is 6. The number of carbonyl (C=O) groups is 4. The lowest BCUT2D eigenvalue weighted by atomic mass is 10.0. The van der Waals surface area contributed by atoms with Crippen LogP contribution in [0.1, 0.15) is 60.5 Å². The van der Waals surface area contributed by atoms with E-state index in [1.165, 1.54) is 18.4 Å². The van der Waals surface area contributed by atoms with Crippen LogP contribution in [0.5, 0.6) is 0 Å². The van der Waals surface area contributed by atoms with Crippen LogP contribution >= 0.6 is 11.3 Å². The molecule has 1 aromatic heterocycles. The van der Waals surface area contributed by atoms with Gasteiger partial charge in [0.05, 0.1) is 12.0 Å². The average Bonchev–Trinajstić information content (AvgIpc) is 3.02. The molecule has 0 fully saturated rings. The van der Waals surface area contributed by atoms with E-state index in [4.69, 9.17) is 4.74 Å². The Morgan fingerprint density at radius 3 is 2.27 bits per heavy atom. The Morgan fingerprint density at radius 2 is 1.73 bits per heavy atom. The molecule has 1 aromatic rings. The first kappa shape index (κ1) is 22.0. The quantitative estimate of drug-likeness (QED) is 0.470. The molecule has 1 N–H and O–H groups in total. The minimum atomic E-state index is -0.703. The van der Waals surface area contributed by atoms with Crippen LogP contribution in [-0.2, 0) is 19.1 Å². The molecular formula is C19H27NO5S. The van der Waals surface area contributed by atoms with E-state index in [-0.39, 0.29) is 49.1 Å². The van der Waals surface area contributed by atoms with Crippen LogP contribution < -0.4 is 5.32 Å². The number of esters is 1. The number of nitrogens with one attached hydrogen (secondary N) is 1. The standard InChI is InChI=1S/C19H27NO5S/c1-12(2)11-15(19(24)25-4)20-18(23)10-7-14(21)6-8-16(22)17-9-5-13(3)26-17/h5,9,12,15H,6-8,10-11H2,1-4H3,(H,20,23). The molecule has 0 aliphatic carbocycles. The average molecular weight is 381 g/mol. The highest BCUT2D eigenvalue weighted by Gasteiger charge is 2.22. The number of methoxy groups -OCH3 is 1. The maximum Gasteiger partial charge on any atom is 0.328 e.